The van der Waals surface area contributed by atoms with Crippen molar-refractivity contribution >= 4 is 81.1 Å². The maximum Gasteiger partial charge on any atom is 0.120 e. The van der Waals surface area contributed by atoms with Crippen LogP contribution < -0.4 is 0 Å². The van der Waals surface area contributed by atoms with Crippen molar-refractivity contribution in [3.8, 4) is 0 Å². The predicted octanol–water partition coefficient (Wildman–Crippen LogP) is 16.5. The fourth-order valence-electron chi connectivity index (χ4n) is 13.3. The van der Waals surface area contributed by atoms with Gasteiger partial charge >= 0.3 is 0 Å². The first-order valence-corrected chi connectivity index (χ1v) is 60.1. The van der Waals surface area contributed by atoms with Crippen LogP contribution in [-0.4, -0.2) is 114 Å². The van der Waals surface area contributed by atoms with Gasteiger partial charge in [0.15, 0.2) is 0 Å². The molecule has 0 radical (unpaired) electrons. The molecule has 0 N–H and O–H groups in total. The van der Waals surface area contributed by atoms with Crippen molar-refractivity contribution < 1.29 is 0 Å². The van der Waals surface area contributed by atoms with Gasteiger partial charge in [0.05, 0.1) is 48.4 Å². The van der Waals surface area contributed by atoms with Crippen LogP contribution in [0, 0.1) is 0 Å². The highest BCUT2D eigenvalue weighted by Gasteiger charge is 2.62. The molecular weight excluding hydrogens is 885 g/mol. The number of hydrogen-bond acceptors (Lipinski definition) is 2. The highest BCUT2D eigenvalue weighted by atomic mass is 28.4. The van der Waals surface area contributed by atoms with Crippen LogP contribution in [0.1, 0.15) is 0 Å². The van der Waals surface area contributed by atoms with Crippen molar-refractivity contribution in [3.63, 3.8) is 0 Å². The summed E-state index contributed by atoms with van der Waals surface area (Å²) in [5, 5.41) is 0. The van der Waals surface area contributed by atoms with E-state index in [4.69, 9.17) is 0 Å². The lowest BCUT2D eigenvalue weighted by Gasteiger charge is -2.65. The Morgan fingerprint density at radius 2 is 0.533 bits per heavy atom. The highest BCUT2D eigenvalue weighted by molar-refractivity contribution is 6.89. The molecule has 0 saturated carbocycles. The maximum atomic E-state index is 3.38. The van der Waals surface area contributed by atoms with Gasteiger partial charge in [-0.25, -0.2) is 0 Å². The van der Waals surface area contributed by atoms with Crippen LogP contribution in [0.25, 0.3) is 0 Å². The Morgan fingerprint density at radius 3 is 0.700 bits per heavy atom. The number of rotatable bonds is 11. The SMILES string of the molecule is C[Si](C)(C)C1C=C2C(=CC([Si](C)(C)C)N([Si](C)(C)C)[C@@H]2[C@@H]2C3=CC([Si](C)(C)C)C([Si](C)(C)C)C([Si](C)(C)C)C3=CC([Si](C)(C)C)N2[Si](C)(C)C)C([Si](C)(C)C)C1[Si](C)(C)C. The van der Waals surface area contributed by atoms with Gasteiger partial charge < -0.3 is 9.13 Å². The molecule has 4 aliphatic rings. The van der Waals surface area contributed by atoms with Gasteiger partial charge in [0.25, 0.3) is 0 Å². The highest BCUT2D eigenvalue weighted by Crippen LogP contribution is 2.66. The van der Waals surface area contributed by atoms with Crippen molar-refractivity contribution in [1.29, 1.82) is 0 Å². The Balaban J connectivity index is 2.42. The lowest BCUT2D eigenvalue weighted by atomic mass is 9.75. The molecule has 60 heavy (non-hydrogen) atoms. The lowest BCUT2D eigenvalue weighted by molar-refractivity contribution is 0.208. The van der Waals surface area contributed by atoms with E-state index in [1.807, 2.05) is 22.3 Å². The van der Waals surface area contributed by atoms with E-state index in [-0.39, 0.29) is 0 Å². The minimum absolute atomic E-state index is 0.419. The number of fused-ring (bicyclic) bond motifs is 2. The molecule has 0 aromatic carbocycles. The molecule has 346 valence electrons. The van der Waals surface area contributed by atoms with E-state index in [0.717, 1.165) is 33.2 Å². The third-order valence-corrected chi connectivity index (χ3v) is 41.6. The number of nitrogens with zero attached hydrogens (tertiary/aromatic N) is 2. The Bertz CT molecular complexity index is 1600. The van der Waals surface area contributed by atoms with Gasteiger partial charge in [0, 0.05) is 39.6 Å². The molecule has 2 nitrogen and oxygen atoms in total. The molecular formula is C48H104N2Si10. The van der Waals surface area contributed by atoms with Crippen LogP contribution in [0.4, 0.5) is 0 Å². The second-order valence-corrected chi connectivity index (χ2v) is 84.1. The molecule has 8 unspecified atom stereocenters. The summed E-state index contributed by atoms with van der Waals surface area (Å²) in [4.78, 5) is 0. The number of allylic oxidation sites excluding steroid dienone is 2. The van der Waals surface area contributed by atoms with E-state index in [1.54, 1.807) is 0 Å². The molecule has 0 aromatic heterocycles. The minimum Gasteiger partial charge on any atom is -0.312 e. The third-order valence-electron chi connectivity index (χ3n) is 15.5. The van der Waals surface area contributed by atoms with Gasteiger partial charge in [-0.05, 0) is 55.5 Å². The molecule has 0 bridgehead atoms. The van der Waals surface area contributed by atoms with Gasteiger partial charge in [-0.2, -0.15) is 0 Å². The van der Waals surface area contributed by atoms with E-state index in [1.165, 1.54) is 0 Å². The summed E-state index contributed by atoms with van der Waals surface area (Å²) in [7, 11) is -17.0. The molecule has 0 aromatic rings. The maximum absolute atomic E-state index is 3.38. The van der Waals surface area contributed by atoms with Gasteiger partial charge in [0.1, 0.15) is 16.5 Å². The van der Waals surface area contributed by atoms with Gasteiger partial charge in [-0.1, -0.05) is 221 Å². The van der Waals surface area contributed by atoms with Crippen molar-refractivity contribution in [3.05, 3.63) is 46.6 Å². The first-order chi connectivity index (χ1) is 26.2. The third kappa shape index (κ3) is 10.6. The summed E-state index contributed by atoms with van der Waals surface area (Å²) in [6.07, 6.45) is 12.3. The topological polar surface area (TPSA) is 6.48 Å². The Hall–Kier alpha value is 1.05. The van der Waals surface area contributed by atoms with Crippen molar-refractivity contribution in [1.82, 2.24) is 9.13 Å². The van der Waals surface area contributed by atoms with E-state index in [9.17, 15) is 0 Å². The van der Waals surface area contributed by atoms with Crippen LogP contribution >= 0.6 is 0 Å². The van der Waals surface area contributed by atoms with Crippen LogP contribution in [-0.2, 0) is 0 Å². The smallest absolute Gasteiger partial charge is 0.120 e. The second-order valence-electron chi connectivity index (χ2n) is 31.4. The molecule has 2 aliphatic heterocycles. The Labute approximate surface area is 387 Å². The fourth-order valence-corrected chi connectivity index (χ4v) is 51.3. The Morgan fingerprint density at radius 1 is 0.283 bits per heavy atom. The van der Waals surface area contributed by atoms with Gasteiger partial charge in [-0.15, -0.1) is 0 Å². The van der Waals surface area contributed by atoms with E-state index >= 15 is 0 Å². The largest absolute Gasteiger partial charge is 0.312 e. The molecule has 2 aliphatic carbocycles. The normalized spacial score (nSPS) is 32.8. The average Bonchev–Trinajstić information content (AvgIpc) is 2.96. The molecule has 2 heterocycles. The van der Waals surface area contributed by atoms with Crippen molar-refractivity contribution in [2.24, 2.45) is 0 Å². The standard InChI is InChI=1S/C48H104N2Si10/c1-51(2,3)39-31-35-37(45(55(13,14)15)47(39)57(19,20)21)33-41(53(7,8)9)49(59(25,26)27)43(35)44-36-32-40(52(4,5)6)48(58(22,23)24)46(56(16,17)18)38(36)34-42(54(10,11)12)50(44)60(28,29)30/h31-34,39-48H,1-30H3/t39?,40?,41?,42?,43-,44-,45?,46?,47?,48?/m0/s1. The molecule has 10 atom stereocenters. The minimum atomic E-state index is -1.91. The monoisotopic (exact) mass is 989 g/mol. The van der Waals surface area contributed by atoms with Crippen molar-refractivity contribution in [2.75, 3.05) is 0 Å². The Kier molecular flexibility index (Phi) is 14.7. The predicted molar refractivity (Wildman–Crippen MR) is 307 cm³/mol. The summed E-state index contributed by atoms with van der Waals surface area (Å²) in [6.45, 7) is 82.8. The van der Waals surface area contributed by atoms with Gasteiger partial charge in [0.2, 0.25) is 0 Å². The van der Waals surface area contributed by atoms with Crippen LogP contribution in [0.3, 0.4) is 0 Å². The van der Waals surface area contributed by atoms with Crippen LogP contribution in [0.5, 0.6) is 0 Å². The zero-order valence-electron chi connectivity index (χ0n) is 46.0. The van der Waals surface area contributed by atoms with Crippen LogP contribution in [0.15, 0.2) is 46.6 Å². The summed E-state index contributed by atoms with van der Waals surface area (Å²) < 4.78 is 6.76. The van der Waals surface area contributed by atoms with E-state index < -0.39 is 81.1 Å². The van der Waals surface area contributed by atoms with E-state index in [0.29, 0.717) is 23.4 Å². The summed E-state index contributed by atoms with van der Waals surface area (Å²) in [6, 6.07) is 0.837. The quantitative estimate of drug-likeness (QED) is 0.190. The molecule has 0 fully saturated rings. The summed E-state index contributed by atoms with van der Waals surface area (Å²) >= 11 is 0. The zero-order chi connectivity index (χ0) is 47.1. The second kappa shape index (κ2) is 16.4. The average molecular weight is 990 g/mol. The van der Waals surface area contributed by atoms with Crippen LogP contribution in [0.2, 0.25) is 230 Å². The molecule has 0 saturated heterocycles. The number of hydrogen-bond donors (Lipinski definition) is 0. The molecule has 4 rings (SSSR count). The van der Waals surface area contributed by atoms with Crippen molar-refractivity contribution in [2.45, 2.75) is 253 Å². The molecule has 12 heteroatoms. The lowest BCUT2D eigenvalue weighted by Crippen LogP contribution is -2.75. The summed E-state index contributed by atoms with van der Waals surface area (Å²) in [5.74, 6) is 0. The fraction of sp³-hybridized carbons (Fsp3) is 0.833. The molecule has 0 spiro atoms. The summed E-state index contributed by atoms with van der Waals surface area (Å²) in [5.41, 5.74) is 13.2. The zero-order valence-corrected chi connectivity index (χ0v) is 56.0. The first-order valence-electron chi connectivity index (χ1n) is 24.6. The first kappa shape index (κ1) is 53.7. The molecule has 0 amide bonds. The van der Waals surface area contributed by atoms with E-state index in [2.05, 4.69) is 230 Å². The van der Waals surface area contributed by atoms with Gasteiger partial charge in [-0.3, -0.25) is 0 Å².